The molecule has 2 fully saturated rings. The first-order valence-electron chi connectivity index (χ1n) is 9.08. The summed E-state index contributed by atoms with van der Waals surface area (Å²) >= 11 is 0. The topological polar surface area (TPSA) is 94.6 Å². The van der Waals surface area contributed by atoms with Crippen LogP contribution in [0.15, 0.2) is 18.3 Å². The zero-order valence-electron chi connectivity index (χ0n) is 15.0. The third kappa shape index (κ3) is 4.12. The van der Waals surface area contributed by atoms with E-state index in [0.717, 1.165) is 25.2 Å². The van der Waals surface area contributed by atoms with Gasteiger partial charge in [0.05, 0.1) is 6.54 Å². The van der Waals surface area contributed by atoms with Gasteiger partial charge in [-0.3, -0.25) is 14.5 Å². The second-order valence-electron chi connectivity index (χ2n) is 6.71. The van der Waals surface area contributed by atoms with Crippen molar-refractivity contribution in [3.05, 3.63) is 23.9 Å². The molecule has 4 amide bonds. The number of nitrogens with zero attached hydrogens (tertiary/aromatic N) is 3. The van der Waals surface area contributed by atoms with Crippen LogP contribution >= 0.6 is 0 Å². The third-order valence-electron chi connectivity index (χ3n) is 5.00. The van der Waals surface area contributed by atoms with Crippen molar-refractivity contribution in [2.75, 3.05) is 38.5 Å². The van der Waals surface area contributed by atoms with E-state index in [1.807, 2.05) is 24.1 Å². The van der Waals surface area contributed by atoms with Gasteiger partial charge in [0.1, 0.15) is 5.82 Å². The van der Waals surface area contributed by atoms with Crippen LogP contribution in [0.4, 0.5) is 10.6 Å². The van der Waals surface area contributed by atoms with Gasteiger partial charge in [0.15, 0.2) is 0 Å². The number of imide groups is 1. The molecule has 2 aliphatic rings. The highest BCUT2D eigenvalue weighted by Crippen LogP contribution is 2.28. The van der Waals surface area contributed by atoms with Gasteiger partial charge in [-0.1, -0.05) is 0 Å². The molecule has 1 aromatic rings. The average molecular weight is 359 g/mol. The van der Waals surface area contributed by atoms with Gasteiger partial charge in [0.25, 0.3) is 0 Å². The second kappa shape index (κ2) is 8.16. The van der Waals surface area contributed by atoms with E-state index in [0.29, 0.717) is 31.8 Å². The highest BCUT2D eigenvalue weighted by molar-refractivity contribution is 6.01. The average Bonchev–Trinajstić information content (AvgIpc) is 3.00. The zero-order valence-corrected chi connectivity index (χ0v) is 15.0. The molecule has 3 heterocycles. The van der Waals surface area contributed by atoms with Gasteiger partial charge in [-0.2, -0.15) is 0 Å². The molecule has 1 aromatic heterocycles. The number of pyridine rings is 1. The fraction of sp³-hybridized carbons (Fsp3) is 0.556. The van der Waals surface area contributed by atoms with E-state index >= 15 is 0 Å². The summed E-state index contributed by atoms with van der Waals surface area (Å²) in [7, 11) is 1.84. The van der Waals surface area contributed by atoms with E-state index in [-0.39, 0.29) is 24.4 Å². The monoisotopic (exact) mass is 359 g/mol. The van der Waals surface area contributed by atoms with E-state index < -0.39 is 0 Å². The number of aromatic nitrogens is 1. The Bertz CT molecular complexity index is 677. The summed E-state index contributed by atoms with van der Waals surface area (Å²) < 4.78 is 0. The van der Waals surface area contributed by atoms with Crippen molar-refractivity contribution < 1.29 is 14.4 Å². The van der Waals surface area contributed by atoms with E-state index in [4.69, 9.17) is 0 Å². The van der Waals surface area contributed by atoms with Crippen LogP contribution in [0.25, 0.3) is 0 Å². The van der Waals surface area contributed by atoms with Gasteiger partial charge in [-0.15, -0.1) is 0 Å². The number of rotatable bonds is 6. The molecule has 2 saturated heterocycles. The summed E-state index contributed by atoms with van der Waals surface area (Å²) in [5.74, 6) is 1.01. The van der Waals surface area contributed by atoms with Crippen molar-refractivity contribution in [3.63, 3.8) is 0 Å². The minimum atomic E-state index is -0.362. The normalized spacial score (nSPS) is 20.3. The first-order valence-corrected chi connectivity index (χ1v) is 9.08. The maximum absolute atomic E-state index is 12.5. The Morgan fingerprint density at radius 1 is 1.42 bits per heavy atom. The van der Waals surface area contributed by atoms with Crippen LogP contribution in [-0.2, 0) is 9.59 Å². The van der Waals surface area contributed by atoms with Gasteiger partial charge < -0.3 is 15.5 Å². The Balaban J connectivity index is 1.51. The van der Waals surface area contributed by atoms with Crippen LogP contribution in [-0.4, -0.2) is 65.9 Å². The lowest BCUT2D eigenvalue weighted by atomic mass is 9.91. The van der Waals surface area contributed by atoms with Crippen LogP contribution in [0.2, 0.25) is 0 Å². The summed E-state index contributed by atoms with van der Waals surface area (Å²) in [5, 5.41) is 5.53. The Kier molecular flexibility index (Phi) is 5.70. The first kappa shape index (κ1) is 18.2. The molecule has 26 heavy (non-hydrogen) atoms. The van der Waals surface area contributed by atoms with Crippen LogP contribution in [0, 0.1) is 0 Å². The molecular formula is C18H25N5O3. The van der Waals surface area contributed by atoms with Crippen LogP contribution < -0.4 is 10.6 Å². The lowest BCUT2D eigenvalue weighted by Crippen LogP contribution is -2.39. The lowest BCUT2D eigenvalue weighted by Gasteiger charge is -2.33. The SMILES string of the molecule is CNc1cc([C@@H]2CCCN(C(=O)CCCN3C(=O)CNC3=O)C2)ccn1. The molecule has 0 aliphatic carbocycles. The molecule has 8 heteroatoms. The molecule has 2 N–H and O–H groups in total. The number of nitrogens with one attached hydrogen (secondary N) is 2. The van der Waals surface area contributed by atoms with Gasteiger partial charge >= 0.3 is 6.03 Å². The molecule has 1 atom stereocenters. The van der Waals surface area contributed by atoms with Crippen LogP contribution in [0.3, 0.4) is 0 Å². The molecule has 0 radical (unpaired) electrons. The Hall–Kier alpha value is -2.64. The second-order valence-corrected chi connectivity index (χ2v) is 6.71. The van der Waals surface area contributed by atoms with Gasteiger partial charge in [-0.05, 0) is 37.0 Å². The van der Waals surface area contributed by atoms with E-state index in [9.17, 15) is 14.4 Å². The lowest BCUT2D eigenvalue weighted by molar-refractivity contribution is -0.133. The smallest absolute Gasteiger partial charge is 0.324 e. The molecule has 8 nitrogen and oxygen atoms in total. The third-order valence-corrected chi connectivity index (χ3v) is 5.00. The van der Waals surface area contributed by atoms with E-state index in [1.165, 1.54) is 10.5 Å². The summed E-state index contributed by atoms with van der Waals surface area (Å²) in [6.07, 6.45) is 4.67. The number of hydrogen-bond acceptors (Lipinski definition) is 5. The van der Waals surface area contributed by atoms with Gasteiger partial charge in [-0.25, -0.2) is 9.78 Å². The van der Waals surface area contributed by atoms with Crippen LogP contribution in [0.5, 0.6) is 0 Å². The standard InChI is InChI=1S/C18H25N5O3/c1-19-15-10-13(6-7-20-15)14-4-2-8-22(12-14)16(24)5-3-9-23-17(25)11-21-18(23)26/h6-7,10,14H,2-5,8-9,11-12H2,1H3,(H,19,20)(H,21,26)/t14-/m1/s1. The van der Waals surface area contributed by atoms with Crippen molar-refractivity contribution >= 4 is 23.7 Å². The Morgan fingerprint density at radius 2 is 2.27 bits per heavy atom. The van der Waals surface area contributed by atoms with E-state index in [2.05, 4.69) is 15.6 Å². The molecule has 3 rings (SSSR count). The molecule has 140 valence electrons. The molecule has 0 aromatic carbocycles. The summed E-state index contributed by atoms with van der Waals surface area (Å²) in [4.78, 5) is 42.9. The van der Waals surface area contributed by atoms with Gasteiger partial charge in [0.2, 0.25) is 11.8 Å². The summed E-state index contributed by atoms with van der Waals surface area (Å²) in [6, 6.07) is 3.69. The largest absolute Gasteiger partial charge is 0.373 e. The number of anilines is 1. The maximum atomic E-state index is 12.5. The zero-order chi connectivity index (χ0) is 18.5. The molecule has 0 unspecified atom stereocenters. The minimum Gasteiger partial charge on any atom is -0.373 e. The van der Waals surface area contributed by atoms with Crippen molar-refractivity contribution in [3.8, 4) is 0 Å². The highest BCUT2D eigenvalue weighted by Gasteiger charge is 2.29. The molecule has 0 spiro atoms. The Labute approximate surface area is 152 Å². The van der Waals surface area contributed by atoms with Crippen molar-refractivity contribution in [1.29, 1.82) is 0 Å². The first-order chi connectivity index (χ1) is 12.6. The quantitative estimate of drug-likeness (QED) is 0.744. The fourth-order valence-corrected chi connectivity index (χ4v) is 3.54. The van der Waals surface area contributed by atoms with Gasteiger partial charge in [0, 0.05) is 45.2 Å². The predicted octanol–water partition coefficient (Wildman–Crippen LogP) is 1.16. The number of carbonyl (C=O) groups is 3. The number of carbonyl (C=O) groups excluding carboxylic acids is 3. The van der Waals surface area contributed by atoms with Crippen molar-refractivity contribution in [1.82, 2.24) is 20.1 Å². The molecule has 0 bridgehead atoms. The minimum absolute atomic E-state index is 0.0567. The van der Waals surface area contributed by atoms with E-state index in [1.54, 1.807) is 6.20 Å². The Morgan fingerprint density at radius 3 is 3.00 bits per heavy atom. The molecular weight excluding hydrogens is 334 g/mol. The highest BCUT2D eigenvalue weighted by atomic mass is 16.2. The number of amides is 4. The maximum Gasteiger partial charge on any atom is 0.324 e. The number of urea groups is 1. The number of piperidine rings is 1. The number of hydrogen-bond donors (Lipinski definition) is 2. The van der Waals surface area contributed by atoms with Crippen molar-refractivity contribution in [2.24, 2.45) is 0 Å². The molecule has 2 aliphatic heterocycles. The summed E-state index contributed by atoms with van der Waals surface area (Å²) in [6.45, 7) is 1.82. The fourth-order valence-electron chi connectivity index (χ4n) is 3.54. The van der Waals surface area contributed by atoms with Crippen LogP contribution in [0.1, 0.15) is 37.2 Å². The molecule has 0 saturated carbocycles. The summed E-state index contributed by atoms with van der Waals surface area (Å²) in [5.41, 5.74) is 1.20. The predicted molar refractivity (Wildman–Crippen MR) is 96.7 cm³/mol. The van der Waals surface area contributed by atoms with Crippen molar-refractivity contribution in [2.45, 2.75) is 31.6 Å². The number of likely N-dealkylation sites (tertiary alicyclic amines) is 1.